The highest BCUT2D eigenvalue weighted by Gasteiger charge is 2.34. The van der Waals surface area contributed by atoms with Crippen molar-refractivity contribution in [1.29, 1.82) is 0 Å². The van der Waals surface area contributed by atoms with E-state index in [-0.39, 0.29) is 18.5 Å². The molecule has 21 heavy (non-hydrogen) atoms. The second-order valence-electron chi connectivity index (χ2n) is 4.32. The lowest BCUT2D eigenvalue weighted by molar-refractivity contribution is -0.384. The summed E-state index contributed by atoms with van der Waals surface area (Å²) in [4.78, 5) is 23.4. The number of carboxylic acids is 1. The molecular weight excluding hydrogens is 295 g/mol. The smallest absolute Gasteiger partial charge is 0.433 e. The molecule has 116 valence electrons. The Balaban J connectivity index is 3.01. The molecule has 0 aliphatic carbocycles. The molecule has 0 aliphatic heterocycles. The molecule has 1 aromatic heterocycles. The summed E-state index contributed by atoms with van der Waals surface area (Å²) in [5.41, 5.74) is -2.22. The maximum absolute atomic E-state index is 12.6. The Kier molecular flexibility index (Phi) is 5.06. The van der Waals surface area contributed by atoms with Crippen molar-refractivity contribution in [3.63, 3.8) is 0 Å². The Morgan fingerprint density at radius 2 is 2.19 bits per heavy atom. The average Bonchev–Trinajstić information content (AvgIpc) is 2.34. The van der Waals surface area contributed by atoms with Crippen LogP contribution in [0.3, 0.4) is 0 Å². The van der Waals surface area contributed by atoms with Crippen molar-refractivity contribution >= 4 is 17.3 Å². The number of nitrogens with zero attached hydrogens (tertiary/aromatic N) is 2. The van der Waals surface area contributed by atoms with Gasteiger partial charge in [-0.25, -0.2) is 4.98 Å². The molecule has 1 heterocycles. The van der Waals surface area contributed by atoms with Gasteiger partial charge in [0, 0.05) is 12.5 Å². The van der Waals surface area contributed by atoms with Gasteiger partial charge in [-0.1, -0.05) is 0 Å². The first kappa shape index (κ1) is 16.7. The monoisotopic (exact) mass is 307 g/mol. The Morgan fingerprint density at radius 3 is 2.67 bits per heavy atom. The molecule has 1 aromatic rings. The number of nitrogens with one attached hydrogen (secondary N) is 1. The molecule has 0 amide bonds. The molecule has 0 saturated carbocycles. The lowest BCUT2D eigenvalue weighted by Crippen LogP contribution is -2.18. The summed E-state index contributed by atoms with van der Waals surface area (Å²) in [6, 6.07) is -0.0154. The van der Waals surface area contributed by atoms with Gasteiger partial charge in [-0.15, -0.1) is 0 Å². The number of anilines is 1. The minimum absolute atomic E-state index is 0.107. The van der Waals surface area contributed by atoms with E-state index in [0.717, 1.165) is 0 Å². The third kappa shape index (κ3) is 4.89. The molecule has 7 nitrogen and oxygen atoms in total. The summed E-state index contributed by atoms with van der Waals surface area (Å²) in [5, 5.41) is 21.8. The topological polar surface area (TPSA) is 105 Å². The van der Waals surface area contributed by atoms with Crippen LogP contribution in [0.1, 0.15) is 25.5 Å². The van der Waals surface area contributed by atoms with Gasteiger partial charge in [0.1, 0.15) is 17.6 Å². The molecule has 1 unspecified atom stereocenters. The quantitative estimate of drug-likeness (QED) is 0.618. The van der Waals surface area contributed by atoms with Gasteiger partial charge in [0.05, 0.1) is 4.92 Å². The second-order valence-corrected chi connectivity index (χ2v) is 4.32. The summed E-state index contributed by atoms with van der Waals surface area (Å²) in [6.07, 6.45) is -4.31. The third-order valence-corrected chi connectivity index (χ3v) is 2.56. The van der Waals surface area contributed by atoms with Crippen LogP contribution >= 0.6 is 0 Å². The normalized spacial score (nSPS) is 12.8. The van der Waals surface area contributed by atoms with Crippen LogP contribution in [0.5, 0.6) is 0 Å². The second kappa shape index (κ2) is 6.37. The Morgan fingerprint density at radius 1 is 1.57 bits per heavy atom. The number of hydrogen-bond donors (Lipinski definition) is 2. The average molecular weight is 307 g/mol. The number of hydrogen-bond acceptors (Lipinski definition) is 5. The minimum Gasteiger partial charge on any atom is -0.481 e. The predicted octanol–water partition coefficient (Wildman–Crippen LogP) is 2.67. The molecular formula is C11H12F3N3O4. The molecule has 2 N–H and O–H groups in total. The van der Waals surface area contributed by atoms with Crippen molar-refractivity contribution in [1.82, 2.24) is 4.98 Å². The van der Waals surface area contributed by atoms with E-state index in [9.17, 15) is 28.1 Å². The fourth-order valence-electron chi connectivity index (χ4n) is 1.54. The lowest BCUT2D eigenvalue weighted by Gasteiger charge is -2.15. The van der Waals surface area contributed by atoms with Crippen molar-refractivity contribution in [2.45, 2.75) is 32.0 Å². The Hall–Kier alpha value is -2.39. The number of carboxylic acid groups (broad SMARTS) is 1. The van der Waals surface area contributed by atoms with E-state index in [1.54, 1.807) is 0 Å². The van der Waals surface area contributed by atoms with Crippen molar-refractivity contribution < 1.29 is 28.0 Å². The van der Waals surface area contributed by atoms with Gasteiger partial charge in [0.25, 0.3) is 0 Å². The van der Waals surface area contributed by atoms with Crippen LogP contribution in [0.25, 0.3) is 0 Å². The molecule has 0 spiro atoms. The van der Waals surface area contributed by atoms with E-state index in [1.165, 1.54) is 6.92 Å². The third-order valence-electron chi connectivity index (χ3n) is 2.56. The molecule has 0 aromatic carbocycles. The van der Waals surface area contributed by atoms with E-state index < -0.39 is 34.5 Å². The van der Waals surface area contributed by atoms with Crippen molar-refractivity contribution in [3.05, 3.63) is 28.1 Å². The summed E-state index contributed by atoms with van der Waals surface area (Å²) < 4.78 is 37.7. The molecule has 1 atom stereocenters. The number of nitro groups is 1. The zero-order chi connectivity index (χ0) is 16.2. The largest absolute Gasteiger partial charge is 0.481 e. The molecule has 0 bridgehead atoms. The van der Waals surface area contributed by atoms with Gasteiger partial charge in [-0.2, -0.15) is 13.2 Å². The number of rotatable bonds is 6. The molecule has 0 radical (unpaired) electrons. The number of aliphatic carboxylic acids is 1. The van der Waals surface area contributed by atoms with Crippen LogP contribution in [-0.4, -0.2) is 27.0 Å². The number of alkyl halides is 3. The number of halogens is 3. The van der Waals surface area contributed by atoms with E-state index in [2.05, 4.69) is 10.3 Å². The first-order valence-corrected chi connectivity index (χ1v) is 5.81. The molecule has 0 aliphatic rings. The standard InChI is InChI=1S/C11H12F3N3O4/c1-6(2-3-10(18)19)16-7-4-9(11(12,13)14)15-5-8(7)17(20)21/h4-6H,2-3H2,1H3,(H,15,16)(H,18,19). The Bertz CT molecular complexity index is 548. The zero-order valence-electron chi connectivity index (χ0n) is 10.8. The fraction of sp³-hybridized carbons (Fsp3) is 0.455. The number of aromatic nitrogens is 1. The highest BCUT2D eigenvalue weighted by molar-refractivity contribution is 5.67. The molecule has 0 fully saturated rings. The number of pyridine rings is 1. The van der Waals surface area contributed by atoms with Gasteiger partial charge >= 0.3 is 17.8 Å². The first-order valence-electron chi connectivity index (χ1n) is 5.81. The SMILES string of the molecule is CC(CCC(=O)O)Nc1cc(C(F)(F)F)ncc1[N+](=O)[O-]. The maximum atomic E-state index is 12.6. The van der Waals surface area contributed by atoms with Gasteiger partial charge in [0.15, 0.2) is 0 Å². The summed E-state index contributed by atoms with van der Waals surface area (Å²) >= 11 is 0. The van der Waals surface area contributed by atoms with Crippen LogP contribution < -0.4 is 5.32 Å². The van der Waals surface area contributed by atoms with Crippen molar-refractivity contribution in [2.75, 3.05) is 5.32 Å². The van der Waals surface area contributed by atoms with Crippen LogP contribution in [0.15, 0.2) is 12.3 Å². The van der Waals surface area contributed by atoms with Gasteiger partial charge in [0.2, 0.25) is 0 Å². The van der Waals surface area contributed by atoms with Crippen LogP contribution in [0.4, 0.5) is 24.5 Å². The maximum Gasteiger partial charge on any atom is 0.433 e. The number of carbonyl (C=O) groups is 1. The van der Waals surface area contributed by atoms with Gasteiger partial charge < -0.3 is 10.4 Å². The van der Waals surface area contributed by atoms with Crippen LogP contribution in [0.2, 0.25) is 0 Å². The molecule has 0 saturated heterocycles. The van der Waals surface area contributed by atoms with Crippen LogP contribution in [0, 0.1) is 10.1 Å². The lowest BCUT2D eigenvalue weighted by atomic mass is 10.1. The van der Waals surface area contributed by atoms with Crippen LogP contribution in [-0.2, 0) is 11.0 Å². The minimum atomic E-state index is -4.73. The predicted molar refractivity (Wildman–Crippen MR) is 65.8 cm³/mol. The van der Waals surface area contributed by atoms with E-state index >= 15 is 0 Å². The van der Waals surface area contributed by atoms with Crippen molar-refractivity contribution in [3.8, 4) is 0 Å². The summed E-state index contributed by atoms with van der Waals surface area (Å²) in [5.74, 6) is -1.07. The molecule has 1 rings (SSSR count). The fourth-order valence-corrected chi connectivity index (χ4v) is 1.54. The van der Waals surface area contributed by atoms with Crippen molar-refractivity contribution in [2.24, 2.45) is 0 Å². The first-order chi connectivity index (χ1) is 9.61. The zero-order valence-corrected chi connectivity index (χ0v) is 10.8. The highest BCUT2D eigenvalue weighted by Crippen LogP contribution is 2.33. The van der Waals surface area contributed by atoms with E-state index in [0.29, 0.717) is 12.3 Å². The van der Waals surface area contributed by atoms with E-state index in [1.807, 2.05) is 0 Å². The van der Waals surface area contributed by atoms with E-state index in [4.69, 9.17) is 5.11 Å². The Labute approximate surface area is 116 Å². The highest BCUT2D eigenvalue weighted by atomic mass is 19.4. The summed E-state index contributed by atoms with van der Waals surface area (Å²) in [7, 11) is 0. The molecule has 10 heteroatoms. The van der Waals surface area contributed by atoms with Gasteiger partial charge in [-0.3, -0.25) is 14.9 Å². The van der Waals surface area contributed by atoms with Gasteiger partial charge in [-0.05, 0) is 19.4 Å². The summed E-state index contributed by atoms with van der Waals surface area (Å²) in [6.45, 7) is 1.51.